The molecule has 22 heavy (non-hydrogen) atoms. The number of benzene rings is 1. The molecular weight excluding hydrogens is 306 g/mol. The standard InChI is InChI=1S/C15H22ClN3O3/c1-6-22-19(4)14(16)11-17(2)15(20)18(3)12-7-9-13(21-5)10-8-12/h7-11H,6H2,1-5H3/b14-11-. The smallest absolute Gasteiger partial charge is 0.328 e. The molecule has 7 heteroatoms. The van der Waals surface area contributed by atoms with Gasteiger partial charge < -0.3 is 9.64 Å². The van der Waals surface area contributed by atoms with E-state index in [1.165, 1.54) is 21.1 Å². The first kappa shape index (κ1) is 18.1. The molecule has 0 aliphatic carbocycles. The van der Waals surface area contributed by atoms with Gasteiger partial charge >= 0.3 is 6.03 Å². The Morgan fingerprint density at radius 3 is 2.32 bits per heavy atom. The molecule has 0 unspecified atom stereocenters. The molecule has 0 saturated carbocycles. The minimum atomic E-state index is -0.229. The second kappa shape index (κ2) is 8.51. The largest absolute Gasteiger partial charge is 0.497 e. The summed E-state index contributed by atoms with van der Waals surface area (Å²) in [4.78, 5) is 20.5. The Morgan fingerprint density at radius 2 is 1.82 bits per heavy atom. The molecule has 0 saturated heterocycles. The van der Waals surface area contributed by atoms with Crippen LogP contribution in [0.2, 0.25) is 0 Å². The number of rotatable bonds is 6. The quantitative estimate of drug-likeness (QED) is 0.595. The monoisotopic (exact) mass is 327 g/mol. The number of halogens is 1. The van der Waals surface area contributed by atoms with Crippen LogP contribution in [-0.2, 0) is 4.84 Å². The summed E-state index contributed by atoms with van der Waals surface area (Å²) in [6.45, 7) is 2.34. The van der Waals surface area contributed by atoms with E-state index in [2.05, 4.69) is 0 Å². The van der Waals surface area contributed by atoms with Crippen LogP contribution in [0.15, 0.2) is 35.6 Å². The number of hydrogen-bond donors (Lipinski definition) is 0. The second-order valence-corrected chi connectivity index (χ2v) is 4.90. The Morgan fingerprint density at radius 1 is 1.23 bits per heavy atom. The highest BCUT2D eigenvalue weighted by atomic mass is 35.5. The summed E-state index contributed by atoms with van der Waals surface area (Å²) in [5, 5.41) is 1.71. The molecule has 0 atom stereocenters. The summed E-state index contributed by atoms with van der Waals surface area (Å²) in [5.41, 5.74) is 0.750. The molecule has 0 aliphatic rings. The number of carbonyl (C=O) groups is 1. The number of hydroxylamine groups is 2. The van der Waals surface area contributed by atoms with Crippen LogP contribution in [-0.4, -0.2) is 50.9 Å². The maximum Gasteiger partial charge on any atom is 0.328 e. The average molecular weight is 328 g/mol. The van der Waals surface area contributed by atoms with Crippen molar-refractivity contribution in [2.24, 2.45) is 0 Å². The van der Waals surface area contributed by atoms with Gasteiger partial charge in [-0.3, -0.25) is 9.74 Å². The molecule has 122 valence electrons. The fraction of sp³-hybridized carbons (Fsp3) is 0.400. The zero-order valence-electron chi connectivity index (χ0n) is 13.5. The number of hydrogen-bond acceptors (Lipinski definition) is 4. The van der Waals surface area contributed by atoms with E-state index in [0.29, 0.717) is 11.8 Å². The molecule has 0 radical (unpaired) electrons. The van der Waals surface area contributed by atoms with Crippen molar-refractivity contribution in [2.45, 2.75) is 6.92 Å². The van der Waals surface area contributed by atoms with Gasteiger partial charge in [0, 0.05) is 33.0 Å². The van der Waals surface area contributed by atoms with E-state index >= 15 is 0 Å². The highest BCUT2D eigenvalue weighted by Crippen LogP contribution is 2.19. The molecule has 0 aromatic heterocycles. The van der Waals surface area contributed by atoms with Gasteiger partial charge in [-0.1, -0.05) is 11.6 Å². The van der Waals surface area contributed by atoms with Crippen molar-refractivity contribution in [1.29, 1.82) is 0 Å². The molecule has 1 rings (SSSR count). The van der Waals surface area contributed by atoms with Crippen molar-refractivity contribution < 1.29 is 14.4 Å². The van der Waals surface area contributed by atoms with Crippen molar-refractivity contribution in [1.82, 2.24) is 9.96 Å². The van der Waals surface area contributed by atoms with Gasteiger partial charge in [0.2, 0.25) is 0 Å². The lowest BCUT2D eigenvalue weighted by atomic mass is 10.3. The number of anilines is 1. The summed E-state index contributed by atoms with van der Waals surface area (Å²) in [5.74, 6) is 0.735. The first-order valence-corrected chi connectivity index (χ1v) is 7.17. The van der Waals surface area contributed by atoms with Gasteiger partial charge in [-0.15, -0.1) is 0 Å². The van der Waals surface area contributed by atoms with E-state index in [-0.39, 0.29) is 6.03 Å². The van der Waals surface area contributed by atoms with Crippen molar-refractivity contribution in [3.05, 3.63) is 35.6 Å². The van der Waals surface area contributed by atoms with Gasteiger partial charge in [0.05, 0.1) is 13.7 Å². The first-order chi connectivity index (χ1) is 10.4. The maximum absolute atomic E-state index is 12.4. The van der Waals surface area contributed by atoms with Crippen LogP contribution in [0, 0.1) is 0 Å². The molecule has 2 amide bonds. The molecule has 0 bridgehead atoms. The van der Waals surface area contributed by atoms with E-state index in [1.807, 2.05) is 19.1 Å². The van der Waals surface area contributed by atoms with Crippen LogP contribution in [0.1, 0.15) is 6.92 Å². The lowest BCUT2D eigenvalue weighted by Crippen LogP contribution is -2.36. The molecule has 0 heterocycles. The number of nitrogens with zero attached hydrogens (tertiary/aromatic N) is 3. The van der Waals surface area contributed by atoms with Gasteiger partial charge in [-0.25, -0.2) is 9.86 Å². The molecular formula is C15H22ClN3O3. The molecule has 0 fully saturated rings. The van der Waals surface area contributed by atoms with Crippen molar-refractivity contribution in [3.8, 4) is 5.75 Å². The predicted molar refractivity (Wildman–Crippen MR) is 87.9 cm³/mol. The maximum atomic E-state index is 12.4. The fourth-order valence-electron chi connectivity index (χ4n) is 1.70. The Labute approximate surface area is 136 Å². The third-order valence-corrected chi connectivity index (χ3v) is 3.31. The van der Waals surface area contributed by atoms with Crippen molar-refractivity contribution >= 4 is 23.3 Å². The van der Waals surface area contributed by atoms with Crippen molar-refractivity contribution in [3.63, 3.8) is 0 Å². The third kappa shape index (κ3) is 4.82. The summed E-state index contributed by atoms with van der Waals surface area (Å²) in [6, 6.07) is 6.98. The van der Waals surface area contributed by atoms with E-state index in [9.17, 15) is 4.79 Å². The summed E-state index contributed by atoms with van der Waals surface area (Å²) in [7, 11) is 6.59. The third-order valence-electron chi connectivity index (χ3n) is 2.97. The minimum Gasteiger partial charge on any atom is -0.497 e. The molecule has 0 N–H and O–H groups in total. The molecule has 6 nitrogen and oxygen atoms in total. The topological polar surface area (TPSA) is 45.2 Å². The number of methoxy groups -OCH3 is 1. The summed E-state index contributed by atoms with van der Waals surface area (Å²) in [6.07, 6.45) is 1.50. The van der Waals surface area contributed by atoms with Crippen LogP contribution < -0.4 is 9.64 Å². The van der Waals surface area contributed by atoms with Gasteiger partial charge in [0.25, 0.3) is 0 Å². The number of carbonyl (C=O) groups excluding carboxylic acids is 1. The zero-order valence-corrected chi connectivity index (χ0v) is 14.3. The average Bonchev–Trinajstić information content (AvgIpc) is 2.53. The molecule has 1 aromatic carbocycles. The van der Waals surface area contributed by atoms with Gasteiger partial charge in [-0.2, -0.15) is 0 Å². The lowest BCUT2D eigenvalue weighted by molar-refractivity contribution is -0.0990. The normalized spacial score (nSPS) is 11.1. The number of ether oxygens (including phenoxy) is 1. The van der Waals surface area contributed by atoms with Gasteiger partial charge in [0.15, 0.2) is 0 Å². The highest BCUT2D eigenvalue weighted by molar-refractivity contribution is 6.29. The van der Waals surface area contributed by atoms with Gasteiger partial charge in [0.1, 0.15) is 10.9 Å². The summed E-state index contributed by atoms with van der Waals surface area (Å²) >= 11 is 6.07. The zero-order chi connectivity index (χ0) is 16.7. The van der Waals surface area contributed by atoms with Crippen LogP contribution in [0.5, 0.6) is 5.75 Å². The van der Waals surface area contributed by atoms with Crippen LogP contribution >= 0.6 is 11.6 Å². The number of urea groups is 1. The molecule has 0 aliphatic heterocycles. The van der Waals surface area contributed by atoms with E-state index < -0.39 is 0 Å². The predicted octanol–water partition coefficient (Wildman–Crippen LogP) is 3.10. The Kier molecular flexibility index (Phi) is 7.01. The second-order valence-electron chi connectivity index (χ2n) is 4.52. The highest BCUT2D eigenvalue weighted by Gasteiger charge is 2.15. The number of amides is 2. The Balaban J connectivity index is 2.78. The minimum absolute atomic E-state index is 0.229. The Bertz CT molecular complexity index is 519. The first-order valence-electron chi connectivity index (χ1n) is 6.79. The van der Waals surface area contributed by atoms with Crippen LogP contribution in [0.3, 0.4) is 0 Å². The van der Waals surface area contributed by atoms with E-state index in [1.54, 1.807) is 40.4 Å². The molecule has 1 aromatic rings. The fourth-order valence-corrected chi connectivity index (χ4v) is 1.90. The van der Waals surface area contributed by atoms with Crippen LogP contribution in [0.25, 0.3) is 0 Å². The SMILES string of the molecule is CCON(C)/C(Cl)=C\N(C)C(=O)N(C)c1ccc(OC)cc1. The molecule has 0 spiro atoms. The summed E-state index contributed by atoms with van der Waals surface area (Å²) < 4.78 is 5.10. The van der Waals surface area contributed by atoms with E-state index in [0.717, 1.165) is 11.4 Å². The van der Waals surface area contributed by atoms with Gasteiger partial charge in [-0.05, 0) is 31.2 Å². The van der Waals surface area contributed by atoms with Crippen LogP contribution in [0.4, 0.5) is 10.5 Å². The lowest BCUT2D eigenvalue weighted by Gasteiger charge is -2.24. The van der Waals surface area contributed by atoms with Crippen molar-refractivity contribution in [2.75, 3.05) is 39.8 Å². The van der Waals surface area contributed by atoms with E-state index in [4.69, 9.17) is 21.2 Å². The Hall–Kier alpha value is -1.92.